The van der Waals surface area contributed by atoms with E-state index in [9.17, 15) is 9.59 Å². The highest BCUT2D eigenvalue weighted by Gasteiger charge is 2.25. The third-order valence-corrected chi connectivity index (χ3v) is 3.65. The summed E-state index contributed by atoms with van der Waals surface area (Å²) in [6.45, 7) is 3.71. The van der Waals surface area contributed by atoms with Gasteiger partial charge in [-0.1, -0.05) is 6.07 Å². The number of fused-ring (bicyclic) bond motifs is 1. The van der Waals surface area contributed by atoms with Crippen LogP contribution in [-0.4, -0.2) is 33.6 Å². The summed E-state index contributed by atoms with van der Waals surface area (Å²) >= 11 is 0. The summed E-state index contributed by atoms with van der Waals surface area (Å²) in [6.07, 6.45) is 3.43. The van der Waals surface area contributed by atoms with Gasteiger partial charge < -0.3 is 14.4 Å². The molecule has 0 saturated carbocycles. The maximum Gasteiger partial charge on any atom is 0.335 e. The van der Waals surface area contributed by atoms with Crippen molar-refractivity contribution in [3.63, 3.8) is 0 Å². The maximum atomic E-state index is 12.0. The molecule has 1 aromatic carbocycles. The number of hydrazone groups is 1. The number of aromatic carboxylic acids is 1. The molecule has 1 aliphatic rings. The molecule has 1 amide bonds. The van der Waals surface area contributed by atoms with Crippen molar-refractivity contribution >= 4 is 34.8 Å². The molecule has 3 rings (SSSR count). The van der Waals surface area contributed by atoms with E-state index in [1.807, 2.05) is 31.7 Å². The van der Waals surface area contributed by atoms with Crippen LogP contribution in [0.5, 0.6) is 0 Å². The Kier molecular flexibility index (Phi) is 3.84. The summed E-state index contributed by atoms with van der Waals surface area (Å²) in [4.78, 5) is 23.1. The zero-order chi connectivity index (χ0) is 17.4. The van der Waals surface area contributed by atoms with Gasteiger partial charge in [-0.15, -0.1) is 5.10 Å². The first-order valence-electron chi connectivity index (χ1n) is 7.46. The molecule has 0 radical (unpaired) electrons. The van der Waals surface area contributed by atoms with Crippen molar-refractivity contribution in [2.75, 3.05) is 0 Å². The molecule has 0 saturated heterocycles. The van der Waals surface area contributed by atoms with E-state index >= 15 is 0 Å². The lowest BCUT2D eigenvalue weighted by Gasteiger charge is -2.08. The average molecular weight is 327 g/mol. The standard InChI is InChI=1S/C17H17N3O4/c1-9(2)24-16-13(15(21)18-19-16)6-11-8-20(3)14-7-10(17(22)23)4-5-12(11)14/h4-9H,1-3H3,(H,18,21)(H,22,23)/b13-6+. The third-order valence-electron chi connectivity index (χ3n) is 3.65. The van der Waals surface area contributed by atoms with Gasteiger partial charge in [-0.25, -0.2) is 10.2 Å². The Bertz CT molecular complexity index is 906. The summed E-state index contributed by atoms with van der Waals surface area (Å²) in [5, 5.41) is 13.9. The van der Waals surface area contributed by atoms with Gasteiger partial charge in [0.25, 0.3) is 5.91 Å². The highest BCUT2D eigenvalue weighted by molar-refractivity contribution is 6.25. The lowest BCUT2D eigenvalue weighted by molar-refractivity contribution is -0.116. The molecular formula is C17H17N3O4. The quantitative estimate of drug-likeness (QED) is 0.845. The number of carboxylic acids is 1. The molecule has 1 aromatic heterocycles. The highest BCUT2D eigenvalue weighted by Crippen LogP contribution is 2.25. The highest BCUT2D eigenvalue weighted by atomic mass is 16.5. The minimum Gasteiger partial charge on any atom is -0.478 e. The first-order valence-corrected chi connectivity index (χ1v) is 7.46. The molecule has 0 unspecified atom stereocenters. The topological polar surface area (TPSA) is 92.9 Å². The van der Waals surface area contributed by atoms with Crippen molar-refractivity contribution in [3.8, 4) is 0 Å². The van der Waals surface area contributed by atoms with Crippen molar-refractivity contribution in [2.24, 2.45) is 12.1 Å². The van der Waals surface area contributed by atoms with Gasteiger partial charge in [-0.3, -0.25) is 4.79 Å². The summed E-state index contributed by atoms with van der Waals surface area (Å²) < 4.78 is 7.37. The largest absolute Gasteiger partial charge is 0.478 e. The van der Waals surface area contributed by atoms with Crippen molar-refractivity contribution in [1.29, 1.82) is 0 Å². The number of hydrogen-bond donors (Lipinski definition) is 2. The van der Waals surface area contributed by atoms with Crippen molar-refractivity contribution in [2.45, 2.75) is 20.0 Å². The van der Waals surface area contributed by atoms with Gasteiger partial charge >= 0.3 is 5.97 Å². The molecule has 0 spiro atoms. The molecule has 0 bridgehead atoms. The van der Waals surface area contributed by atoms with Crippen LogP contribution < -0.4 is 5.43 Å². The lowest BCUT2D eigenvalue weighted by atomic mass is 10.1. The number of ether oxygens (including phenoxy) is 1. The third kappa shape index (κ3) is 2.76. The SMILES string of the molecule is CC(C)OC1=NNC(=O)/C1=C\c1cn(C)c2cc(C(=O)O)ccc12. The van der Waals surface area contributed by atoms with E-state index in [2.05, 4.69) is 10.5 Å². The van der Waals surface area contributed by atoms with Gasteiger partial charge in [0, 0.05) is 29.7 Å². The van der Waals surface area contributed by atoms with Crippen LogP contribution in [0.25, 0.3) is 17.0 Å². The maximum absolute atomic E-state index is 12.0. The van der Waals surface area contributed by atoms with Crippen LogP contribution in [-0.2, 0) is 16.6 Å². The van der Waals surface area contributed by atoms with Crippen LogP contribution in [0.3, 0.4) is 0 Å². The fourth-order valence-corrected chi connectivity index (χ4v) is 2.58. The lowest BCUT2D eigenvalue weighted by Crippen LogP contribution is -2.16. The minimum atomic E-state index is -0.979. The summed E-state index contributed by atoms with van der Waals surface area (Å²) in [7, 11) is 1.82. The number of carbonyl (C=O) groups is 2. The fourth-order valence-electron chi connectivity index (χ4n) is 2.58. The number of nitrogens with zero attached hydrogens (tertiary/aromatic N) is 2. The van der Waals surface area contributed by atoms with Gasteiger partial charge in [0.2, 0.25) is 5.90 Å². The number of hydrogen-bond acceptors (Lipinski definition) is 4. The number of aromatic nitrogens is 1. The Morgan fingerprint density at radius 1 is 1.42 bits per heavy atom. The van der Waals surface area contributed by atoms with Crippen molar-refractivity contribution < 1.29 is 19.4 Å². The van der Waals surface area contributed by atoms with Crippen LogP contribution in [0.15, 0.2) is 35.1 Å². The fraction of sp³-hybridized carbons (Fsp3) is 0.235. The average Bonchev–Trinajstić information content (AvgIpc) is 3.01. The zero-order valence-corrected chi connectivity index (χ0v) is 13.5. The molecule has 0 aliphatic carbocycles. The van der Waals surface area contributed by atoms with E-state index in [0.717, 1.165) is 16.5 Å². The Balaban J connectivity index is 2.08. The number of amides is 1. The van der Waals surface area contributed by atoms with E-state index in [-0.39, 0.29) is 23.5 Å². The van der Waals surface area contributed by atoms with Crippen molar-refractivity contribution in [3.05, 3.63) is 41.1 Å². The van der Waals surface area contributed by atoms with Crippen LogP contribution in [0, 0.1) is 0 Å². The monoisotopic (exact) mass is 327 g/mol. The molecule has 2 aromatic rings. The predicted molar refractivity (Wildman–Crippen MR) is 89.7 cm³/mol. The molecule has 124 valence electrons. The Morgan fingerprint density at radius 2 is 2.17 bits per heavy atom. The number of benzene rings is 1. The number of carboxylic acid groups (broad SMARTS) is 1. The summed E-state index contributed by atoms with van der Waals surface area (Å²) in [5.41, 5.74) is 4.51. The molecule has 0 fully saturated rings. The second-order valence-electron chi connectivity index (χ2n) is 5.81. The molecule has 2 heterocycles. The normalized spacial score (nSPS) is 15.9. The minimum absolute atomic E-state index is 0.106. The smallest absolute Gasteiger partial charge is 0.335 e. The Morgan fingerprint density at radius 3 is 2.83 bits per heavy atom. The van der Waals surface area contributed by atoms with E-state index in [0.29, 0.717) is 5.57 Å². The number of nitrogens with one attached hydrogen (secondary N) is 1. The predicted octanol–water partition coefficient (Wildman–Crippen LogP) is 2.13. The number of carbonyl (C=O) groups excluding carboxylic acids is 1. The molecule has 1 aliphatic heterocycles. The Hall–Kier alpha value is -3.09. The van der Waals surface area contributed by atoms with Gasteiger partial charge in [-0.05, 0) is 32.1 Å². The van der Waals surface area contributed by atoms with Crippen LogP contribution in [0.2, 0.25) is 0 Å². The van der Waals surface area contributed by atoms with E-state index < -0.39 is 5.97 Å². The van der Waals surface area contributed by atoms with Crippen LogP contribution in [0.1, 0.15) is 29.8 Å². The summed E-state index contributed by atoms with van der Waals surface area (Å²) in [6, 6.07) is 4.88. The zero-order valence-electron chi connectivity index (χ0n) is 13.5. The summed E-state index contributed by atoms with van der Waals surface area (Å²) in [5.74, 6) is -1.05. The van der Waals surface area contributed by atoms with Crippen LogP contribution in [0.4, 0.5) is 0 Å². The number of aryl methyl sites for hydroxylation is 1. The number of rotatable bonds is 3. The Labute approximate surface area is 138 Å². The molecular weight excluding hydrogens is 310 g/mol. The first kappa shape index (κ1) is 15.8. The second kappa shape index (κ2) is 5.84. The molecule has 7 heteroatoms. The van der Waals surface area contributed by atoms with E-state index in [4.69, 9.17) is 9.84 Å². The van der Waals surface area contributed by atoms with Crippen LogP contribution >= 0.6 is 0 Å². The van der Waals surface area contributed by atoms with Gasteiger partial charge in [0.15, 0.2) is 0 Å². The van der Waals surface area contributed by atoms with Crippen molar-refractivity contribution in [1.82, 2.24) is 9.99 Å². The second-order valence-corrected chi connectivity index (χ2v) is 5.81. The molecule has 0 atom stereocenters. The van der Waals surface area contributed by atoms with Gasteiger partial charge in [0.1, 0.15) is 5.57 Å². The van der Waals surface area contributed by atoms with E-state index in [1.165, 1.54) is 0 Å². The molecule has 2 N–H and O–H groups in total. The van der Waals surface area contributed by atoms with E-state index in [1.54, 1.807) is 24.3 Å². The first-order chi connectivity index (χ1) is 11.4. The molecule has 24 heavy (non-hydrogen) atoms. The molecule has 7 nitrogen and oxygen atoms in total. The van der Waals surface area contributed by atoms with Gasteiger partial charge in [0.05, 0.1) is 11.7 Å². The van der Waals surface area contributed by atoms with Gasteiger partial charge in [-0.2, -0.15) is 0 Å².